The number of carbonyl (C=O) groups excluding carboxylic acids is 2. The molecule has 0 bridgehead atoms. The molecule has 6 heteroatoms. The van der Waals surface area contributed by atoms with Crippen LogP contribution in [-0.4, -0.2) is 47.4 Å². The molecule has 1 amide bonds. The maximum Gasteiger partial charge on any atom is 0.305 e. The van der Waals surface area contributed by atoms with Crippen LogP contribution in [0.2, 0.25) is 0 Å². The smallest absolute Gasteiger partial charge is 0.305 e. The molecule has 85 heavy (non-hydrogen) atoms. The van der Waals surface area contributed by atoms with E-state index in [1.165, 1.54) is 385 Å². The maximum atomic E-state index is 12.5. The molecule has 2 unspecified atom stereocenters. The van der Waals surface area contributed by atoms with Crippen molar-refractivity contribution in [1.29, 1.82) is 0 Å². The monoisotopic (exact) mass is 1200 g/mol. The molecule has 6 nitrogen and oxygen atoms in total. The van der Waals surface area contributed by atoms with Crippen LogP contribution in [0.1, 0.15) is 457 Å². The molecule has 0 rings (SSSR count). The Bertz CT molecular complexity index is 1290. The van der Waals surface area contributed by atoms with Gasteiger partial charge in [-0.05, 0) is 51.4 Å². The molecule has 0 aromatic rings. The van der Waals surface area contributed by atoms with Gasteiger partial charge in [-0.3, -0.25) is 9.59 Å². The SMILES string of the molecule is CCCCCCCC/C=C\CCCCCCCCCCCC(=O)OCCCCCCCCCCCCCCCCCCCCCCCCCCCCCCCCCCCC(=O)NC(CO)C(O)CCCCCCCCCCCCCCCCCC. The van der Waals surface area contributed by atoms with Gasteiger partial charge < -0.3 is 20.3 Å². The van der Waals surface area contributed by atoms with Crippen LogP contribution >= 0.6 is 0 Å². The number of amides is 1. The van der Waals surface area contributed by atoms with E-state index < -0.39 is 12.1 Å². The Hall–Kier alpha value is -1.40. The summed E-state index contributed by atoms with van der Waals surface area (Å²) in [7, 11) is 0. The van der Waals surface area contributed by atoms with E-state index >= 15 is 0 Å². The van der Waals surface area contributed by atoms with Crippen LogP contribution in [0, 0.1) is 0 Å². The molecule has 3 N–H and O–H groups in total. The zero-order valence-corrected chi connectivity index (χ0v) is 58.1. The molecule has 506 valence electrons. The first-order valence-corrected chi connectivity index (χ1v) is 39.4. The predicted molar refractivity (Wildman–Crippen MR) is 375 cm³/mol. The molecule has 0 saturated carbocycles. The van der Waals surface area contributed by atoms with Crippen LogP contribution in [0.5, 0.6) is 0 Å². The predicted octanol–water partition coefficient (Wildman–Crippen LogP) is 25.9. The Morgan fingerprint density at radius 1 is 0.318 bits per heavy atom. The second-order valence-corrected chi connectivity index (χ2v) is 27.4. The maximum absolute atomic E-state index is 12.5. The van der Waals surface area contributed by atoms with E-state index in [4.69, 9.17) is 4.74 Å². The minimum atomic E-state index is -0.660. The number of ether oxygens (including phenoxy) is 1. The molecule has 0 spiro atoms. The third-order valence-electron chi connectivity index (χ3n) is 18.8. The highest BCUT2D eigenvalue weighted by Crippen LogP contribution is 2.20. The van der Waals surface area contributed by atoms with Crippen LogP contribution in [-0.2, 0) is 14.3 Å². The summed E-state index contributed by atoms with van der Waals surface area (Å²) >= 11 is 0. The average Bonchev–Trinajstić information content (AvgIpc) is 3.51. The lowest BCUT2D eigenvalue weighted by Gasteiger charge is -2.22. The van der Waals surface area contributed by atoms with Crippen molar-refractivity contribution in [3.8, 4) is 0 Å². The standard InChI is InChI=1S/C79H155NO5/c1-3-5-7-9-11-13-15-17-19-21-37-41-45-49-53-57-61-65-69-73-79(84)85-74-70-66-62-58-54-50-46-42-39-36-34-32-30-28-26-24-22-23-25-27-29-31-33-35-38-40-44-48-52-56-60-64-68-72-78(83)80-76(75-81)77(82)71-67-63-59-55-51-47-43-20-18-16-14-12-10-8-6-4-2/h17,19,76-77,81-82H,3-16,18,20-75H2,1-2H3,(H,80,83)/b19-17-. The minimum absolute atomic E-state index is 0.0225. The Labute approximate surface area is 533 Å². The number of unbranched alkanes of at least 4 members (excludes halogenated alkanes) is 62. The van der Waals surface area contributed by atoms with E-state index in [2.05, 4.69) is 31.3 Å². The summed E-state index contributed by atoms with van der Waals surface area (Å²) in [4.78, 5) is 24.7. The first-order valence-electron chi connectivity index (χ1n) is 39.4. The number of rotatable bonds is 75. The second-order valence-electron chi connectivity index (χ2n) is 27.4. The first-order chi connectivity index (χ1) is 42.0. The molecular weight excluding hydrogens is 1040 g/mol. The fourth-order valence-electron chi connectivity index (χ4n) is 12.8. The number of esters is 1. The van der Waals surface area contributed by atoms with Crippen molar-refractivity contribution < 1.29 is 24.5 Å². The quantitative estimate of drug-likeness (QED) is 0.0320. The van der Waals surface area contributed by atoms with Gasteiger partial charge in [0, 0.05) is 12.8 Å². The molecule has 0 aliphatic carbocycles. The number of aliphatic hydroxyl groups is 2. The number of aliphatic hydroxyl groups excluding tert-OH is 2. The number of hydrogen-bond donors (Lipinski definition) is 3. The summed E-state index contributed by atoms with van der Waals surface area (Å²) < 4.78 is 5.52. The van der Waals surface area contributed by atoms with Gasteiger partial charge in [0.15, 0.2) is 0 Å². The van der Waals surface area contributed by atoms with Gasteiger partial charge in [0.2, 0.25) is 5.91 Å². The fraction of sp³-hybridized carbons (Fsp3) is 0.949. The highest BCUT2D eigenvalue weighted by Gasteiger charge is 2.20. The number of allylic oxidation sites excluding steroid dienone is 2. The largest absolute Gasteiger partial charge is 0.466 e. The average molecular weight is 1200 g/mol. The third-order valence-corrected chi connectivity index (χ3v) is 18.8. The van der Waals surface area contributed by atoms with Gasteiger partial charge in [0.1, 0.15) is 0 Å². The summed E-state index contributed by atoms with van der Waals surface area (Å²) in [6, 6.07) is -0.537. The van der Waals surface area contributed by atoms with Crippen molar-refractivity contribution in [2.75, 3.05) is 13.2 Å². The lowest BCUT2D eigenvalue weighted by Crippen LogP contribution is -2.45. The van der Waals surface area contributed by atoms with Gasteiger partial charge in [-0.25, -0.2) is 0 Å². The molecule has 0 aliphatic rings. The lowest BCUT2D eigenvalue weighted by molar-refractivity contribution is -0.143. The molecule has 2 atom stereocenters. The topological polar surface area (TPSA) is 95.9 Å². The van der Waals surface area contributed by atoms with Crippen LogP contribution in [0.25, 0.3) is 0 Å². The van der Waals surface area contributed by atoms with Crippen molar-refractivity contribution in [3.63, 3.8) is 0 Å². The molecule has 0 heterocycles. The Balaban J connectivity index is 3.29. The van der Waals surface area contributed by atoms with Gasteiger partial charge >= 0.3 is 5.97 Å². The Morgan fingerprint density at radius 2 is 0.553 bits per heavy atom. The van der Waals surface area contributed by atoms with Crippen molar-refractivity contribution >= 4 is 11.9 Å². The number of hydrogen-bond acceptors (Lipinski definition) is 5. The van der Waals surface area contributed by atoms with E-state index in [0.29, 0.717) is 25.9 Å². The van der Waals surface area contributed by atoms with Gasteiger partial charge in [-0.1, -0.05) is 405 Å². The van der Waals surface area contributed by atoms with E-state index in [0.717, 1.165) is 38.5 Å². The summed E-state index contributed by atoms with van der Waals surface area (Å²) in [6.45, 7) is 5.00. The highest BCUT2D eigenvalue weighted by molar-refractivity contribution is 5.76. The van der Waals surface area contributed by atoms with E-state index in [-0.39, 0.29) is 18.5 Å². The minimum Gasteiger partial charge on any atom is -0.466 e. The molecule has 0 aliphatic heterocycles. The van der Waals surface area contributed by atoms with Gasteiger partial charge in [-0.15, -0.1) is 0 Å². The van der Waals surface area contributed by atoms with Crippen molar-refractivity contribution in [2.45, 2.75) is 469 Å². The fourth-order valence-corrected chi connectivity index (χ4v) is 12.8. The number of carbonyl (C=O) groups is 2. The van der Waals surface area contributed by atoms with Crippen LogP contribution in [0.15, 0.2) is 12.2 Å². The summed E-state index contributed by atoms with van der Waals surface area (Å²) in [5.41, 5.74) is 0. The van der Waals surface area contributed by atoms with Crippen LogP contribution in [0.3, 0.4) is 0 Å². The Kier molecular flexibility index (Phi) is 73.8. The summed E-state index contributed by atoms with van der Waals surface area (Å²) in [5, 5.41) is 23.4. The third kappa shape index (κ3) is 71.6. The summed E-state index contributed by atoms with van der Waals surface area (Å²) in [6.07, 6.45) is 94.5. The van der Waals surface area contributed by atoms with E-state index in [9.17, 15) is 19.8 Å². The molecule has 0 radical (unpaired) electrons. The number of nitrogens with one attached hydrogen (secondary N) is 1. The Morgan fingerprint density at radius 3 is 0.835 bits per heavy atom. The lowest BCUT2D eigenvalue weighted by atomic mass is 10.0. The van der Waals surface area contributed by atoms with Crippen LogP contribution < -0.4 is 5.32 Å². The molecule has 0 aromatic carbocycles. The molecule has 0 saturated heterocycles. The second kappa shape index (κ2) is 75.1. The van der Waals surface area contributed by atoms with Crippen molar-refractivity contribution in [2.24, 2.45) is 0 Å². The molecule has 0 fully saturated rings. The van der Waals surface area contributed by atoms with Gasteiger partial charge in [0.25, 0.3) is 0 Å². The van der Waals surface area contributed by atoms with Crippen molar-refractivity contribution in [3.05, 3.63) is 12.2 Å². The van der Waals surface area contributed by atoms with Crippen LogP contribution in [0.4, 0.5) is 0 Å². The van der Waals surface area contributed by atoms with E-state index in [1.807, 2.05) is 0 Å². The van der Waals surface area contributed by atoms with Crippen molar-refractivity contribution in [1.82, 2.24) is 5.32 Å². The zero-order chi connectivity index (χ0) is 61.3. The van der Waals surface area contributed by atoms with E-state index in [1.54, 1.807) is 0 Å². The molecule has 0 aromatic heterocycles. The normalized spacial score (nSPS) is 12.5. The highest BCUT2D eigenvalue weighted by atomic mass is 16.5. The zero-order valence-electron chi connectivity index (χ0n) is 58.1. The summed E-state index contributed by atoms with van der Waals surface area (Å²) in [5.74, 6) is -0.00333. The molecular formula is C79H155NO5. The van der Waals surface area contributed by atoms with Gasteiger partial charge in [-0.2, -0.15) is 0 Å². The first kappa shape index (κ1) is 83.6. The van der Waals surface area contributed by atoms with Gasteiger partial charge in [0.05, 0.1) is 25.4 Å².